The van der Waals surface area contributed by atoms with E-state index >= 15 is 0 Å². The van der Waals surface area contributed by atoms with Gasteiger partial charge in [-0.05, 0) is 73.7 Å². The summed E-state index contributed by atoms with van der Waals surface area (Å²) in [5, 5.41) is 36.5. The summed E-state index contributed by atoms with van der Waals surface area (Å²) in [6.07, 6.45) is 0.558. The standard InChI is InChI=1S/C31H35N3O7/c1-34(2)9-8-33-14-15-4-7-23(41-3)19(10-15)18-5-6-21(35)26-20(18)12-16-11-17-13-22(36)27(31(32)40)30(39)25(17)28(37)24(16)29(26)38/h4-7,10,16-17,25,33,35,38-39H,8-9,11-14H2,1-3H3,(H2,32,40)/t16-,17+,25?/m1/s1. The molecule has 0 saturated heterocycles. The fraction of sp³-hybridized carbons (Fsp3) is 0.387. The van der Waals surface area contributed by atoms with Gasteiger partial charge in [-0.3, -0.25) is 14.4 Å². The number of nitrogens with zero attached hydrogens (tertiary/aromatic N) is 1. The van der Waals surface area contributed by atoms with Crippen molar-refractivity contribution < 1.29 is 34.4 Å². The second kappa shape index (κ2) is 11.0. The number of phenolic OH excluding ortho intramolecular Hbond substituents is 1. The maximum Gasteiger partial charge on any atom is 0.255 e. The lowest BCUT2D eigenvalue weighted by atomic mass is 9.61. The number of likely N-dealkylation sites (N-methyl/N-ethyl adjacent to an activating group) is 1. The van der Waals surface area contributed by atoms with Gasteiger partial charge >= 0.3 is 0 Å². The van der Waals surface area contributed by atoms with Crippen molar-refractivity contribution in [3.63, 3.8) is 0 Å². The third-order valence-corrected chi connectivity index (χ3v) is 8.39. The molecule has 10 heteroatoms. The van der Waals surface area contributed by atoms with Gasteiger partial charge in [-0.25, -0.2) is 0 Å². The number of allylic oxidation sites excluding steroid dienone is 2. The molecule has 5 rings (SSSR count). The number of ether oxygens (including phenoxy) is 1. The molecule has 1 unspecified atom stereocenters. The van der Waals surface area contributed by atoms with Crippen LogP contribution in [0.3, 0.4) is 0 Å². The molecular formula is C31H35N3O7. The van der Waals surface area contributed by atoms with Gasteiger partial charge in [0.2, 0.25) is 0 Å². The van der Waals surface area contributed by atoms with Crippen molar-refractivity contribution in [2.24, 2.45) is 23.5 Å². The van der Waals surface area contributed by atoms with Crippen LogP contribution in [-0.4, -0.2) is 72.0 Å². The highest BCUT2D eigenvalue weighted by molar-refractivity contribution is 6.21. The maximum atomic E-state index is 13.7. The van der Waals surface area contributed by atoms with Crippen LogP contribution in [-0.2, 0) is 27.3 Å². The molecule has 41 heavy (non-hydrogen) atoms. The minimum absolute atomic E-state index is 0.0849. The van der Waals surface area contributed by atoms with Crippen LogP contribution in [0.4, 0.5) is 0 Å². The average molecular weight is 562 g/mol. The molecule has 6 N–H and O–H groups in total. The number of aliphatic hydroxyl groups excluding tert-OH is 2. The van der Waals surface area contributed by atoms with Crippen molar-refractivity contribution in [3.05, 3.63) is 63.9 Å². The number of methoxy groups -OCH3 is 1. The highest BCUT2D eigenvalue weighted by atomic mass is 16.5. The largest absolute Gasteiger partial charge is 0.511 e. The minimum atomic E-state index is -1.15. The number of benzene rings is 2. The zero-order valence-electron chi connectivity index (χ0n) is 23.4. The van der Waals surface area contributed by atoms with Gasteiger partial charge in [-0.15, -0.1) is 0 Å². The van der Waals surface area contributed by atoms with Gasteiger partial charge in [-0.2, -0.15) is 0 Å². The number of carbonyl (C=O) groups is 3. The van der Waals surface area contributed by atoms with Gasteiger partial charge in [-0.1, -0.05) is 12.1 Å². The summed E-state index contributed by atoms with van der Waals surface area (Å²) in [4.78, 5) is 40.2. The molecule has 3 aliphatic rings. The minimum Gasteiger partial charge on any atom is -0.511 e. The van der Waals surface area contributed by atoms with Crippen LogP contribution in [0.15, 0.2) is 47.2 Å². The first kappa shape index (κ1) is 28.4. The molecule has 2 aromatic rings. The summed E-state index contributed by atoms with van der Waals surface area (Å²) >= 11 is 0. The first-order valence-electron chi connectivity index (χ1n) is 13.6. The SMILES string of the molecule is COc1ccc(CNCCN(C)C)cc1-c1ccc(O)c2c1C[C@H]1C[C@H]3CC(=O)C(C(N)=O)=C(O)C3C(=O)C1=C2O. The summed E-state index contributed by atoms with van der Waals surface area (Å²) in [7, 11) is 5.61. The number of hydrogen-bond donors (Lipinski definition) is 5. The summed E-state index contributed by atoms with van der Waals surface area (Å²) in [5.74, 6) is -4.91. The Labute approximate surface area is 238 Å². The van der Waals surface area contributed by atoms with Gasteiger partial charge in [0.05, 0.1) is 18.6 Å². The fourth-order valence-electron chi connectivity index (χ4n) is 6.50. The Bertz CT molecular complexity index is 1510. The van der Waals surface area contributed by atoms with E-state index in [9.17, 15) is 29.7 Å². The van der Waals surface area contributed by atoms with Crippen molar-refractivity contribution >= 4 is 23.2 Å². The smallest absolute Gasteiger partial charge is 0.255 e. The zero-order chi connectivity index (χ0) is 29.6. The van der Waals surface area contributed by atoms with E-state index in [0.29, 0.717) is 30.7 Å². The number of ketones is 2. The number of primary amides is 1. The zero-order valence-corrected chi connectivity index (χ0v) is 23.4. The Balaban J connectivity index is 1.57. The number of carbonyl (C=O) groups excluding carboxylic acids is 3. The number of hydrogen-bond acceptors (Lipinski definition) is 9. The Kier molecular flexibility index (Phi) is 7.63. The van der Waals surface area contributed by atoms with Crippen LogP contribution in [0.5, 0.6) is 11.5 Å². The topological polar surface area (TPSA) is 162 Å². The molecule has 2 aromatic carbocycles. The normalized spacial score (nSPS) is 22.0. The first-order valence-corrected chi connectivity index (χ1v) is 13.6. The lowest BCUT2D eigenvalue weighted by Gasteiger charge is -2.41. The van der Waals surface area contributed by atoms with Gasteiger partial charge in [0, 0.05) is 37.2 Å². The molecule has 0 bridgehead atoms. The number of phenols is 1. The van der Waals surface area contributed by atoms with Crippen LogP contribution >= 0.6 is 0 Å². The first-order chi connectivity index (χ1) is 19.5. The van der Waals surface area contributed by atoms with Crippen LogP contribution in [0, 0.1) is 17.8 Å². The molecule has 1 saturated carbocycles. The van der Waals surface area contributed by atoms with Gasteiger partial charge in [0.25, 0.3) is 5.91 Å². The molecule has 1 amide bonds. The van der Waals surface area contributed by atoms with E-state index < -0.39 is 46.6 Å². The Morgan fingerprint density at radius 3 is 2.54 bits per heavy atom. The number of fused-ring (bicyclic) bond motifs is 3. The van der Waals surface area contributed by atoms with Crippen LogP contribution < -0.4 is 15.8 Å². The number of rotatable bonds is 8. The molecule has 3 aliphatic carbocycles. The summed E-state index contributed by atoms with van der Waals surface area (Å²) in [6, 6.07) is 9.13. The van der Waals surface area contributed by atoms with Crippen molar-refractivity contribution in [2.75, 3.05) is 34.3 Å². The van der Waals surface area contributed by atoms with E-state index in [1.54, 1.807) is 13.2 Å². The monoisotopic (exact) mass is 561 g/mol. The van der Waals surface area contributed by atoms with Crippen LogP contribution in [0.2, 0.25) is 0 Å². The van der Waals surface area contributed by atoms with Crippen molar-refractivity contribution in [1.82, 2.24) is 10.2 Å². The maximum absolute atomic E-state index is 13.7. The second-order valence-corrected chi connectivity index (χ2v) is 11.3. The quantitative estimate of drug-likeness (QED) is 0.241. The lowest BCUT2D eigenvalue weighted by molar-refractivity contribution is -0.127. The highest BCUT2D eigenvalue weighted by Gasteiger charge is 2.51. The second-order valence-electron chi connectivity index (χ2n) is 11.3. The summed E-state index contributed by atoms with van der Waals surface area (Å²) < 4.78 is 5.68. The average Bonchev–Trinajstić information content (AvgIpc) is 2.90. The van der Waals surface area contributed by atoms with Crippen LogP contribution in [0.1, 0.15) is 29.5 Å². The van der Waals surface area contributed by atoms with E-state index in [1.165, 1.54) is 6.07 Å². The van der Waals surface area contributed by atoms with Crippen molar-refractivity contribution in [1.29, 1.82) is 0 Å². The molecule has 0 aromatic heterocycles. The number of aliphatic hydroxyl groups is 2. The molecule has 0 spiro atoms. The number of amides is 1. The van der Waals surface area contributed by atoms with Gasteiger partial charge < -0.3 is 36.0 Å². The third-order valence-electron chi connectivity index (χ3n) is 8.39. The van der Waals surface area contributed by atoms with E-state index in [2.05, 4.69) is 10.2 Å². The lowest BCUT2D eigenvalue weighted by Crippen LogP contribution is -2.44. The molecule has 0 aliphatic heterocycles. The third kappa shape index (κ3) is 4.98. The number of nitrogens with one attached hydrogen (secondary N) is 1. The molecule has 3 atom stereocenters. The number of nitrogens with two attached hydrogens (primary N) is 1. The van der Waals surface area contributed by atoms with Gasteiger partial charge in [0.1, 0.15) is 28.6 Å². The Morgan fingerprint density at radius 2 is 1.85 bits per heavy atom. The molecule has 0 heterocycles. The van der Waals surface area contributed by atoms with E-state index in [1.807, 2.05) is 32.3 Å². The fourth-order valence-corrected chi connectivity index (χ4v) is 6.50. The Morgan fingerprint density at radius 1 is 1.10 bits per heavy atom. The van der Waals surface area contributed by atoms with E-state index in [0.717, 1.165) is 29.8 Å². The van der Waals surface area contributed by atoms with E-state index in [4.69, 9.17) is 10.5 Å². The Hall–Kier alpha value is -4.15. The molecule has 1 fully saturated rings. The van der Waals surface area contributed by atoms with Crippen LogP contribution in [0.25, 0.3) is 16.9 Å². The summed E-state index contributed by atoms with van der Waals surface area (Å²) in [5.41, 5.74) is 8.23. The highest BCUT2D eigenvalue weighted by Crippen LogP contribution is 2.52. The predicted octanol–water partition coefficient (Wildman–Crippen LogP) is 2.64. The number of aromatic hydroxyl groups is 1. The van der Waals surface area contributed by atoms with Gasteiger partial charge in [0.15, 0.2) is 11.6 Å². The number of Topliss-reactive ketones (excluding diaryl/α,β-unsaturated/α-hetero) is 2. The van der Waals surface area contributed by atoms with Crippen molar-refractivity contribution in [2.45, 2.75) is 25.8 Å². The summed E-state index contributed by atoms with van der Waals surface area (Å²) in [6.45, 7) is 2.35. The molecular weight excluding hydrogens is 526 g/mol. The molecule has 10 nitrogen and oxygen atoms in total. The van der Waals surface area contributed by atoms with E-state index in [-0.39, 0.29) is 29.1 Å². The molecule has 0 radical (unpaired) electrons. The van der Waals surface area contributed by atoms with Crippen molar-refractivity contribution in [3.8, 4) is 22.6 Å². The molecule has 216 valence electrons. The predicted molar refractivity (Wildman–Crippen MR) is 152 cm³/mol.